The van der Waals surface area contributed by atoms with Gasteiger partial charge < -0.3 is 23.9 Å². The molecule has 0 bridgehead atoms. The number of hydrogen-bond donors (Lipinski definition) is 1. The molecule has 2 aliphatic rings. The number of cyclic esters (lactones) is 1. The zero-order valence-corrected chi connectivity index (χ0v) is 15.5. The van der Waals surface area contributed by atoms with Crippen molar-refractivity contribution in [1.82, 2.24) is 4.57 Å². The van der Waals surface area contributed by atoms with Crippen LogP contribution >= 0.6 is 0 Å². The molecule has 1 aromatic heterocycles. The Labute approximate surface area is 165 Å². The van der Waals surface area contributed by atoms with E-state index in [1.165, 1.54) is 6.07 Å². The molecule has 7 nitrogen and oxygen atoms in total. The minimum Gasteiger partial charge on any atom is -0.507 e. The largest absolute Gasteiger partial charge is 0.507 e. The number of esters is 1. The lowest BCUT2D eigenvalue weighted by molar-refractivity contribution is 0.0450. The van der Waals surface area contributed by atoms with E-state index in [-0.39, 0.29) is 24.7 Å². The van der Waals surface area contributed by atoms with Crippen molar-refractivity contribution in [3.05, 3.63) is 86.8 Å². The lowest BCUT2D eigenvalue weighted by Crippen LogP contribution is -2.28. The molecule has 0 fully saturated rings. The summed E-state index contributed by atoms with van der Waals surface area (Å²) in [6, 6.07) is 13.9. The first-order chi connectivity index (χ1) is 14.0. The fraction of sp³-hybridized carbons (Fsp3) is 0.182. The normalized spacial score (nSPS) is 16.6. The number of ether oxygens (including phenoxy) is 3. The molecule has 2 aromatic carbocycles. The Bertz CT molecular complexity index is 1210. The fourth-order valence-corrected chi connectivity index (χ4v) is 3.79. The first-order valence-corrected chi connectivity index (χ1v) is 9.14. The number of hydrogen-bond acceptors (Lipinski definition) is 6. The molecule has 0 saturated heterocycles. The highest BCUT2D eigenvalue weighted by atomic mass is 16.7. The molecule has 0 saturated carbocycles. The maximum Gasteiger partial charge on any atom is 0.339 e. The first-order valence-electron chi connectivity index (χ1n) is 9.14. The summed E-state index contributed by atoms with van der Waals surface area (Å²) in [5.41, 5.74) is 2.05. The molecule has 146 valence electrons. The van der Waals surface area contributed by atoms with Crippen LogP contribution < -0.4 is 15.0 Å². The number of aromatic nitrogens is 1. The van der Waals surface area contributed by atoms with Gasteiger partial charge in [-0.2, -0.15) is 0 Å². The summed E-state index contributed by atoms with van der Waals surface area (Å²) in [4.78, 5) is 25.5. The van der Waals surface area contributed by atoms with Crippen LogP contribution in [0.1, 0.15) is 38.8 Å². The summed E-state index contributed by atoms with van der Waals surface area (Å²) in [6.45, 7) is 2.19. The smallest absolute Gasteiger partial charge is 0.339 e. The van der Waals surface area contributed by atoms with Gasteiger partial charge in [-0.1, -0.05) is 24.3 Å². The SMILES string of the molecule is Cc1cc(O)c([C@H]2OC(=O)c3ccccc32)c(=O)n1Cc1ccc2c(c1)OCO2. The van der Waals surface area contributed by atoms with Crippen molar-refractivity contribution in [2.75, 3.05) is 6.79 Å². The van der Waals surface area contributed by atoms with Crippen molar-refractivity contribution >= 4 is 5.97 Å². The Morgan fingerprint density at radius 1 is 1.07 bits per heavy atom. The first kappa shape index (κ1) is 17.4. The molecule has 2 aliphatic heterocycles. The molecule has 0 spiro atoms. The topological polar surface area (TPSA) is 87.0 Å². The molecule has 1 N–H and O–H groups in total. The number of pyridine rings is 1. The highest BCUT2D eigenvalue weighted by Gasteiger charge is 2.36. The summed E-state index contributed by atoms with van der Waals surface area (Å²) < 4.78 is 17.7. The quantitative estimate of drug-likeness (QED) is 0.691. The van der Waals surface area contributed by atoms with E-state index < -0.39 is 17.6 Å². The average Bonchev–Trinajstić information content (AvgIpc) is 3.30. The van der Waals surface area contributed by atoms with Gasteiger partial charge in [0.1, 0.15) is 11.3 Å². The highest BCUT2D eigenvalue weighted by molar-refractivity contribution is 5.94. The van der Waals surface area contributed by atoms with Crippen LogP contribution in [0.5, 0.6) is 17.2 Å². The number of fused-ring (bicyclic) bond motifs is 2. The average molecular weight is 391 g/mol. The number of nitrogens with zero attached hydrogens (tertiary/aromatic N) is 1. The Kier molecular flexibility index (Phi) is 3.84. The van der Waals surface area contributed by atoms with E-state index in [9.17, 15) is 14.7 Å². The van der Waals surface area contributed by atoms with Crippen LogP contribution in [0, 0.1) is 6.92 Å². The maximum atomic E-state index is 13.3. The van der Waals surface area contributed by atoms with Crippen LogP contribution in [0.25, 0.3) is 0 Å². The van der Waals surface area contributed by atoms with Crippen LogP contribution in [0.2, 0.25) is 0 Å². The van der Waals surface area contributed by atoms with E-state index in [1.807, 2.05) is 12.1 Å². The van der Waals surface area contributed by atoms with E-state index in [0.29, 0.717) is 28.3 Å². The predicted molar refractivity (Wildman–Crippen MR) is 102 cm³/mol. The van der Waals surface area contributed by atoms with Crippen LogP contribution in [0.4, 0.5) is 0 Å². The number of aryl methyl sites for hydroxylation is 1. The zero-order chi connectivity index (χ0) is 20.1. The summed E-state index contributed by atoms with van der Waals surface area (Å²) in [5.74, 6) is 0.598. The third-order valence-corrected chi connectivity index (χ3v) is 5.25. The van der Waals surface area contributed by atoms with Gasteiger partial charge in [0.2, 0.25) is 6.79 Å². The van der Waals surface area contributed by atoms with Gasteiger partial charge in [-0.3, -0.25) is 4.79 Å². The zero-order valence-electron chi connectivity index (χ0n) is 15.5. The molecule has 0 unspecified atom stereocenters. The monoisotopic (exact) mass is 391 g/mol. The van der Waals surface area contributed by atoms with Crippen molar-refractivity contribution in [3.63, 3.8) is 0 Å². The summed E-state index contributed by atoms with van der Waals surface area (Å²) >= 11 is 0. The van der Waals surface area contributed by atoms with Crippen molar-refractivity contribution in [2.45, 2.75) is 19.6 Å². The Morgan fingerprint density at radius 2 is 1.86 bits per heavy atom. The number of benzene rings is 2. The lowest BCUT2D eigenvalue weighted by Gasteiger charge is -2.17. The lowest BCUT2D eigenvalue weighted by atomic mass is 9.99. The fourth-order valence-electron chi connectivity index (χ4n) is 3.79. The predicted octanol–water partition coefficient (Wildman–Crippen LogP) is 2.90. The van der Waals surface area contributed by atoms with Gasteiger partial charge in [0.25, 0.3) is 5.56 Å². The molecule has 5 rings (SSSR count). The van der Waals surface area contributed by atoms with Crippen LogP contribution in [-0.4, -0.2) is 22.4 Å². The standard InChI is InChI=1S/C22H17NO6/c1-12-8-16(24)19(20-14-4-2-3-5-15(14)22(26)29-20)21(25)23(12)10-13-6-7-17-18(9-13)28-11-27-17/h2-9,20,24H,10-11H2,1H3/t20-/m0/s1. The third-order valence-electron chi connectivity index (χ3n) is 5.25. The van der Waals surface area contributed by atoms with Gasteiger partial charge in [-0.15, -0.1) is 0 Å². The van der Waals surface area contributed by atoms with Gasteiger partial charge in [0, 0.05) is 11.3 Å². The van der Waals surface area contributed by atoms with E-state index in [2.05, 4.69) is 0 Å². The second kappa shape index (κ2) is 6.41. The molecule has 7 heteroatoms. The maximum absolute atomic E-state index is 13.3. The van der Waals surface area contributed by atoms with E-state index in [4.69, 9.17) is 14.2 Å². The van der Waals surface area contributed by atoms with Gasteiger partial charge in [-0.05, 0) is 36.8 Å². The summed E-state index contributed by atoms with van der Waals surface area (Å²) in [6.07, 6.45) is -0.935. The third kappa shape index (κ3) is 2.74. The van der Waals surface area contributed by atoms with Gasteiger partial charge >= 0.3 is 5.97 Å². The van der Waals surface area contributed by atoms with Gasteiger partial charge in [0.05, 0.1) is 12.1 Å². The molecule has 1 atom stereocenters. The Balaban J connectivity index is 1.59. The highest BCUT2D eigenvalue weighted by Crippen LogP contribution is 2.38. The number of aromatic hydroxyl groups is 1. The minimum absolute atomic E-state index is 0.0506. The Morgan fingerprint density at radius 3 is 2.72 bits per heavy atom. The van der Waals surface area contributed by atoms with E-state index in [0.717, 1.165) is 5.56 Å². The molecular formula is C22H17NO6. The number of rotatable bonds is 3. The van der Waals surface area contributed by atoms with E-state index in [1.54, 1.807) is 41.8 Å². The van der Waals surface area contributed by atoms with Crippen molar-refractivity contribution in [2.24, 2.45) is 0 Å². The second-order valence-corrected chi connectivity index (χ2v) is 7.04. The van der Waals surface area contributed by atoms with Gasteiger partial charge in [-0.25, -0.2) is 4.79 Å². The second-order valence-electron chi connectivity index (χ2n) is 7.04. The molecule has 3 aromatic rings. The molecular weight excluding hydrogens is 374 g/mol. The van der Waals surface area contributed by atoms with E-state index >= 15 is 0 Å². The summed E-state index contributed by atoms with van der Waals surface area (Å²) in [7, 11) is 0. The van der Waals surface area contributed by atoms with Crippen molar-refractivity contribution in [1.29, 1.82) is 0 Å². The number of carbonyl (C=O) groups is 1. The van der Waals surface area contributed by atoms with Crippen LogP contribution in [-0.2, 0) is 11.3 Å². The minimum atomic E-state index is -0.935. The Hall–Kier alpha value is -3.74. The van der Waals surface area contributed by atoms with Crippen molar-refractivity contribution in [3.8, 4) is 17.2 Å². The molecule has 0 aliphatic carbocycles. The summed E-state index contributed by atoms with van der Waals surface area (Å²) in [5, 5.41) is 10.5. The van der Waals surface area contributed by atoms with Crippen LogP contribution in [0.15, 0.2) is 53.3 Å². The van der Waals surface area contributed by atoms with Crippen LogP contribution in [0.3, 0.4) is 0 Å². The van der Waals surface area contributed by atoms with Crippen molar-refractivity contribution < 1.29 is 24.1 Å². The molecule has 0 radical (unpaired) electrons. The van der Waals surface area contributed by atoms with Gasteiger partial charge in [0.15, 0.2) is 17.6 Å². The molecule has 0 amide bonds. The number of carbonyl (C=O) groups excluding carboxylic acids is 1. The molecule has 29 heavy (non-hydrogen) atoms. The molecule has 3 heterocycles.